The molecule has 0 radical (unpaired) electrons. The molecule has 3 aromatic rings. The number of carboxylic acids is 1. The smallest absolute Gasteiger partial charge is 0.321 e. The van der Waals surface area contributed by atoms with Gasteiger partial charge in [-0.2, -0.15) is 0 Å². The van der Waals surface area contributed by atoms with Gasteiger partial charge in [0.1, 0.15) is 6.04 Å². The lowest BCUT2D eigenvalue weighted by atomic mass is 10.00. The summed E-state index contributed by atoms with van der Waals surface area (Å²) in [5.41, 5.74) is 5.91. The number of hydrogen-bond acceptors (Lipinski definition) is 4. The monoisotopic (exact) mass is 544 g/mol. The van der Waals surface area contributed by atoms with E-state index in [1.54, 1.807) is 11.9 Å². The van der Waals surface area contributed by atoms with Gasteiger partial charge in [-0.1, -0.05) is 81.1 Å². The molecule has 0 heterocycles. The minimum atomic E-state index is -0.871. The fourth-order valence-electron chi connectivity index (χ4n) is 4.52. The molecule has 0 saturated carbocycles. The van der Waals surface area contributed by atoms with Crippen LogP contribution in [0.2, 0.25) is 0 Å². The molecule has 0 unspecified atom stereocenters. The molecule has 0 bridgehead atoms. The Morgan fingerprint density at radius 1 is 0.800 bits per heavy atom. The summed E-state index contributed by atoms with van der Waals surface area (Å²) in [6.07, 6.45) is 6.17. The van der Waals surface area contributed by atoms with E-state index < -0.39 is 12.0 Å². The van der Waals surface area contributed by atoms with E-state index in [0.29, 0.717) is 19.5 Å². The van der Waals surface area contributed by atoms with Crippen LogP contribution in [0.1, 0.15) is 50.2 Å². The summed E-state index contributed by atoms with van der Waals surface area (Å²) in [7, 11) is 5.76. The van der Waals surface area contributed by atoms with Gasteiger partial charge < -0.3 is 20.6 Å². The summed E-state index contributed by atoms with van der Waals surface area (Å²) in [5, 5.41) is 16.0. The third kappa shape index (κ3) is 9.42. The van der Waals surface area contributed by atoms with E-state index in [0.717, 1.165) is 46.5 Å². The standard InChI is InChI=1S/C33H44N4O3/c1-5-6-7-8-9-21-34-33(40)37(4)30-12-10-11-28(23-30)27-17-13-25(14-18-27)22-31(32(38)39)35-24-26-15-19-29(20-16-26)36(2)3/h10-20,23,31,35H,5-9,21-22,24H2,1-4H3,(H,34,40)(H,38,39)/t31-/m0/s1. The third-order valence-corrected chi connectivity index (χ3v) is 7.13. The number of hydrogen-bond donors (Lipinski definition) is 3. The number of urea groups is 1. The van der Waals surface area contributed by atoms with Gasteiger partial charge >= 0.3 is 12.0 Å². The number of carboxylic acid groups (broad SMARTS) is 1. The van der Waals surface area contributed by atoms with Crippen molar-refractivity contribution in [3.05, 3.63) is 83.9 Å². The predicted octanol–water partition coefficient (Wildman–Crippen LogP) is 6.32. The van der Waals surface area contributed by atoms with Crippen molar-refractivity contribution in [2.45, 2.75) is 58.0 Å². The van der Waals surface area contributed by atoms with Crippen LogP contribution < -0.4 is 20.4 Å². The summed E-state index contributed by atoms with van der Waals surface area (Å²) < 4.78 is 0. The molecule has 0 aliphatic carbocycles. The first-order valence-corrected chi connectivity index (χ1v) is 14.2. The Bertz CT molecular complexity index is 1210. The predicted molar refractivity (Wildman–Crippen MR) is 165 cm³/mol. The van der Waals surface area contributed by atoms with Crippen LogP contribution in [0.25, 0.3) is 11.1 Å². The highest BCUT2D eigenvalue weighted by molar-refractivity contribution is 5.92. The van der Waals surface area contributed by atoms with Crippen LogP contribution in [0.15, 0.2) is 72.8 Å². The molecule has 7 heteroatoms. The van der Waals surface area contributed by atoms with Crippen molar-refractivity contribution < 1.29 is 14.7 Å². The van der Waals surface area contributed by atoms with Crippen LogP contribution >= 0.6 is 0 Å². The lowest BCUT2D eigenvalue weighted by molar-refractivity contribution is -0.139. The Morgan fingerprint density at radius 3 is 2.12 bits per heavy atom. The van der Waals surface area contributed by atoms with Crippen molar-refractivity contribution in [3.8, 4) is 11.1 Å². The number of aliphatic carboxylic acids is 1. The number of benzene rings is 3. The Morgan fingerprint density at radius 2 is 1.48 bits per heavy atom. The van der Waals surface area contributed by atoms with E-state index in [2.05, 4.69) is 17.6 Å². The Labute approximate surface area is 239 Å². The molecule has 0 fully saturated rings. The minimum absolute atomic E-state index is 0.108. The van der Waals surface area contributed by atoms with Crippen molar-refractivity contribution in [2.75, 3.05) is 37.5 Å². The molecule has 1 atom stereocenters. The van der Waals surface area contributed by atoms with Gasteiger partial charge in [0.15, 0.2) is 0 Å². The van der Waals surface area contributed by atoms with Crippen LogP contribution in [0.4, 0.5) is 16.2 Å². The quantitative estimate of drug-likeness (QED) is 0.195. The Hall–Kier alpha value is -3.84. The maximum atomic E-state index is 12.6. The van der Waals surface area contributed by atoms with Gasteiger partial charge in [-0.3, -0.25) is 9.69 Å². The third-order valence-electron chi connectivity index (χ3n) is 7.13. The van der Waals surface area contributed by atoms with Crippen LogP contribution in [0.5, 0.6) is 0 Å². The molecular weight excluding hydrogens is 500 g/mol. The number of unbranched alkanes of at least 4 members (excludes halogenated alkanes) is 4. The topological polar surface area (TPSA) is 84.9 Å². The van der Waals surface area contributed by atoms with Crippen molar-refractivity contribution >= 4 is 23.4 Å². The zero-order valence-corrected chi connectivity index (χ0v) is 24.3. The molecule has 0 spiro atoms. The molecule has 3 N–H and O–H groups in total. The van der Waals surface area contributed by atoms with Crippen molar-refractivity contribution in [1.29, 1.82) is 0 Å². The highest BCUT2D eigenvalue weighted by Gasteiger charge is 2.18. The lowest BCUT2D eigenvalue weighted by Crippen LogP contribution is -2.38. The molecule has 3 rings (SSSR count). The van der Waals surface area contributed by atoms with Crippen LogP contribution in [0, 0.1) is 0 Å². The second-order valence-electron chi connectivity index (χ2n) is 10.5. The summed E-state index contributed by atoms with van der Waals surface area (Å²) >= 11 is 0. The van der Waals surface area contributed by atoms with Crippen molar-refractivity contribution in [2.24, 2.45) is 0 Å². The minimum Gasteiger partial charge on any atom is -0.480 e. The van der Waals surface area contributed by atoms with E-state index in [1.165, 1.54) is 19.3 Å². The van der Waals surface area contributed by atoms with Gasteiger partial charge in [0, 0.05) is 45.6 Å². The molecule has 40 heavy (non-hydrogen) atoms. The van der Waals surface area contributed by atoms with Crippen LogP contribution in [-0.4, -0.2) is 50.8 Å². The first kappa shape index (κ1) is 30.7. The number of carbonyl (C=O) groups excluding carboxylic acids is 1. The number of amides is 2. The van der Waals surface area contributed by atoms with E-state index in [-0.39, 0.29) is 6.03 Å². The van der Waals surface area contributed by atoms with Gasteiger partial charge in [0.2, 0.25) is 0 Å². The second kappa shape index (κ2) is 15.7. The highest BCUT2D eigenvalue weighted by Crippen LogP contribution is 2.25. The second-order valence-corrected chi connectivity index (χ2v) is 10.5. The first-order valence-electron chi connectivity index (χ1n) is 14.2. The molecule has 0 aromatic heterocycles. The van der Waals surface area contributed by atoms with E-state index >= 15 is 0 Å². The molecule has 7 nitrogen and oxygen atoms in total. The largest absolute Gasteiger partial charge is 0.480 e. The molecule has 214 valence electrons. The zero-order valence-electron chi connectivity index (χ0n) is 24.3. The average Bonchev–Trinajstić information content (AvgIpc) is 2.97. The molecular formula is C33H44N4O3. The molecule has 0 aliphatic rings. The number of anilines is 2. The van der Waals surface area contributed by atoms with Crippen LogP contribution in [0.3, 0.4) is 0 Å². The molecule has 0 aliphatic heterocycles. The Balaban J connectivity index is 1.57. The van der Waals surface area contributed by atoms with E-state index in [4.69, 9.17) is 0 Å². The molecule has 0 saturated heterocycles. The van der Waals surface area contributed by atoms with Gasteiger partial charge in [0.05, 0.1) is 0 Å². The summed E-state index contributed by atoms with van der Waals surface area (Å²) in [5.74, 6) is -0.871. The average molecular weight is 545 g/mol. The van der Waals surface area contributed by atoms with Gasteiger partial charge in [-0.25, -0.2) is 4.79 Å². The van der Waals surface area contributed by atoms with E-state index in [9.17, 15) is 14.7 Å². The zero-order chi connectivity index (χ0) is 28.9. The number of nitrogens with one attached hydrogen (secondary N) is 2. The fraction of sp³-hybridized carbons (Fsp3) is 0.394. The SMILES string of the molecule is CCCCCCCNC(=O)N(C)c1cccc(-c2ccc(C[C@H](NCc3ccc(N(C)C)cc3)C(=O)O)cc2)c1. The number of carbonyl (C=O) groups is 2. The van der Waals surface area contributed by atoms with Crippen LogP contribution in [-0.2, 0) is 17.8 Å². The normalized spacial score (nSPS) is 11.6. The fourth-order valence-corrected chi connectivity index (χ4v) is 4.52. The molecule has 2 amide bonds. The maximum absolute atomic E-state index is 12.6. The lowest BCUT2D eigenvalue weighted by Gasteiger charge is -2.19. The summed E-state index contributed by atoms with van der Waals surface area (Å²) in [4.78, 5) is 28.2. The highest BCUT2D eigenvalue weighted by atomic mass is 16.4. The number of nitrogens with zero attached hydrogens (tertiary/aromatic N) is 2. The van der Waals surface area contributed by atoms with E-state index in [1.807, 2.05) is 91.8 Å². The van der Waals surface area contributed by atoms with Crippen molar-refractivity contribution in [1.82, 2.24) is 10.6 Å². The summed E-state index contributed by atoms with van der Waals surface area (Å²) in [6, 6.07) is 23.1. The maximum Gasteiger partial charge on any atom is 0.321 e. The summed E-state index contributed by atoms with van der Waals surface area (Å²) in [6.45, 7) is 3.36. The van der Waals surface area contributed by atoms with Gasteiger partial charge in [-0.05, 0) is 59.4 Å². The van der Waals surface area contributed by atoms with Crippen molar-refractivity contribution in [3.63, 3.8) is 0 Å². The molecule has 3 aromatic carbocycles. The van der Waals surface area contributed by atoms with Gasteiger partial charge in [0.25, 0.3) is 0 Å². The Kier molecular flexibility index (Phi) is 12.0. The number of rotatable bonds is 15. The van der Waals surface area contributed by atoms with Gasteiger partial charge in [-0.15, -0.1) is 0 Å². The first-order chi connectivity index (χ1) is 19.3.